The third-order valence-corrected chi connectivity index (χ3v) is 3.84. The number of fused-ring (bicyclic) bond motifs is 1. The Morgan fingerprint density at radius 2 is 2.20 bits per heavy atom. The number of nitrogens with one attached hydrogen (secondary N) is 3. The molecule has 0 aromatic carbocycles. The van der Waals surface area contributed by atoms with Gasteiger partial charge in [-0.2, -0.15) is 0 Å². The summed E-state index contributed by atoms with van der Waals surface area (Å²) in [7, 11) is 0. The molecule has 0 aliphatic carbocycles. The van der Waals surface area contributed by atoms with Crippen molar-refractivity contribution < 1.29 is 9.53 Å². The molecule has 0 radical (unpaired) electrons. The monoisotopic (exact) mass is 340 g/mol. The van der Waals surface area contributed by atoms with Crippen LogP contribution in [0, 0.1) is 0 Å². The van der Waals surface area contributed by atoms with Crippen LogP contribution in [0.1, 0.15) is 24.0 Å². The number of nitrogens with zero attached hydrogens (tertiary/aromatic N) is 1. The summed E-state index contributed by atoms with van der Waals surface area (Å²) in [6.07, 6.45) is 4.62. The molecule has 0 spiro atoms. The molecule has 0 fully saturated rings. The van der Waals surface area contributed by atoms with Crippen LogP contribution in [0.4, 0.5) is 5.82 Å². The molecule has 3 heterocycles. The molecule has 1 aliphatic heterocycles. The van der Waals surface area contributed by atoms with Crippen molar-refractivity contribution in [1.82, 2.24) is 15.0 Å². The number of anilines is 1. The molecule has 0 bridgehead atoms. The van der Waals surface area contributed by atoms with Gasteiger partial charge in [-0.05, 0) is 18.6 Å². The van der Waals surface area contributed by atoms with Crippen molar-refractivity contribution in [1.29, 1.82) is 0 Å². The Morgan fingerprint density at radius 3 is 2.88 bits per heavy atom. The van der Waals surface area contributed by atoms with Crippen molar-refractivity contribution in [2.24, 2.45) is 0 Å². The molecule has 3 rings (SSSR count). The van der Waals surface area contributed by atoms with Crippen LogP contribution in [0.25, 0.3) is 0 Å². The first-order chi connectivity index (χ1) is 12.0. The van der Waals surface area contributed by atoms with Gasteiger partial charge >= 0.3 is 11.7 Å². The minimum Gasteiger partial charge on any atom is -0.458 e. The van der Waals surface area contributed by atoms with Crippen LogP contribution in [-0.4, -0.2) is 27.5 Å². The van der Waals surface area contributed by atoms with Gasteiger partial charge in [-0.15, -0.1) is 0 Å². The first-order valence-electron chi connectivity index (χ1n) is 7.55. The second-order valence-corrected chi connectivity index (χ2v) is 5.47. The second kappa shape index (κ2) is 6.60. The largest absolute Gasteiger partial charge is 0.458 e. The number of hydrogen-bond acceptors (Lipinski definition) is 6. The number of aromatic amines is 2. The number of aromatic nitrogens is 3. The molecule has 1 aliphatic rings. The van der Waals surface area contributed by atoms with Gasteiger partial charge in [0, 0.05) is 18.1 Å². The highest BCUT2D eigenvalue weighted by Gasteiger charge is 2.36. The van der Waals surface area contributed by atoms with Crippen LogP contribution < -0.4 is 16.6 Å². The number of ether oxygens (including phenoxy) is 1. The summed E-state index contributed by atoms with van der Waals surface area (Å²) in [5, 5.41) is 2.91. The SMILES string of the molecule is C=CCOC(=O)C1=C(C)Nc2[nH]c(=O)[nH]c(=O)c2C1c1cccnc1. The van der Waals surface area contributed by atoms with E-state index in [0.717, 1.165) is 0 Å². The maximum Gasteiger partial charge on any atom is 0.337 e. The zero-order valence-corrected chi connectivity index (χ0v) is 13.5. The van der Waals surface area contributed by atoms with Crippen LogP contribution in [0.2, 0.25) is 0 Å². The molecule has 0 saturated heterocycles. The Morgan fingerprint density at radius 1 is 1.40 bits per heavy atom. The van der Waals surface area contributed by atoms with Gasteiger partial charge in [-0.25, -0.2) is 9.59 Å². The van der Waals surface area contributed by atoms with Crippen LogP contribution in [-0.2, 0) is 9.53 Å². The Balaban J connectivity index is 2.23. The summed E-state index contributed by atoms with van der Waals surface area (Å²) in [6, 6.07) is 3.46. The van der Waals surface area contributed by atoms with Crippen LogP contribution in [0.15, 0.2) is 58.0 Å². The Bertz CT molecular complexity index is 972. The van der Waals surface area contributed by atoms with E-state index < -0.39 is 23.1 Å². The zero-order chi connectivity index (χ0) is 18.0. The van der Waals surface area contributed by atoms with Gasteiger partial charge in [-0.3, -0.25) is 19.7 Å². The van der Waals surface area contributed by atoms with Gasteiger partial charge in [0.25, 0.3) is 5.56 Å². The first-order valence-corrected chi connectivity index (χ1v) is 7.55. The maximum absolute atomic E-state index is 12.6. The number of H-pyrrole nitrogens is 2. The van der Waals surface area contributed by atoms with E-state index in [1.807, 2.05) is 0 Å². The van der Waals surface area contributed by atoms with Crippen molar-refractivity contribution in [3.05, 3.63) is 80.4 Å². The fourth-order valence-corrected chi connectivity index (χ4v) is 2.85. The molecule has 1 unspecified atom stereocenters. The Hall–Kier alpha value is -3.42. The molecule has 3 N–H and O–H groups in total. The fourth-order valence-electron chi connectivity index (χ4n) is 2.85. The van der Waals surface area contributed by atoms with E-state index in [-0.39, 0.29) is 23.6 Å². The summed E-state index contributed by atoms with van der Waals surface area (Å²) in [5.41, 5.74) is 0.404. The van der Waals surface area contributed by atoms with E-state index in [1.165, 1.54) is 6.08 Å². The summed E-state index contributed by atoms with van der Waals surface area (Å²) in [5.74, 6) is -1.04. The smallest absolute Gasteiger partial charge is 0.337 e. The third-order valence-electron chi connectivity index (χ3n) is 3.84. The van der Waals surface area contributed by atoms with E-state index in [0.29, 0.717) is 11.3 Å². The lowest BCUT2D eigenvalue weighted by Crippen LogP contribution is -2.35. The quantitative estimate of drug-likeness (QED) is 0.565. The summed E-state index contributed by atoms with van der Waals surface area (Å²) in [6.45, 7) is 5.24. The number of allylic oxidation sites excluding steroid dienone is 1. The molecule has 128 valence electrons. The molecule has 0 saturated carbocycles. The van der Waals surface area contributed by atoms with Crippen molar-refractivity contribution in [3.63, 3.8) is 0 Å². The maximum atomic E-state index is 12.6. The van der Waals surface area contributed by atoms with Crippen molar-refractivity contribution in [2.75, 3.05) is 11.9 Å². The zero-order valence-electron chi connectivity index (χ0n) is 13.5. The number of rotatable bonds is 4. The molecule has 8 heteroatoms. The van der Waals surface area contributed by atoms with Crippen molar-refractivity contribution in [2.45, 2.75) is 12.8 Å². The Kier molecular flexibility index (Phi) is 4.34. The molecule has 0 amide bonds. The second-order valence-electron chi connectivity index (χ2n) is 5.47. The minimum atomic E-state index is -0.720. The summed E-state index contributed by atoms with van der Waals surface area (Å²) >= 11 is 0. The van der Waals surface area contributed by atoms with E-state index in [9.17, 15) is 14.4 Å². The lowest BCUT2D eigenvalue weighted by atomic mass is 9.83. The van der Waals surface area contributed by atoms with E-state index in [1.54, 1.807) is 31.5 Å². The average Bonchev–Trinajstić information content (AvgIpc) is 2.59. The number of pyridine rings is 1. The first kappa shape index (κ1) is 16.4. The highest BCUT2D eigenvalue weighted by molar-refractivity contribution is 5.94. The van der Waals surface area contributed by atoms with E-state index in [4.69, 9.17) is 4.74 Å². The molecule has 8 nitrogen and oxygen atoms in total. The van der Waals surface area contributed by atoms with Gasteiger partial charge in [0.2, 0.25) is 0 Å². The Labute approximate surface area is 142 Å². The van der Waals surface area contributed by atoms with Crippen LogP contribution in [0.5, 0.6) is 0 Å². The summed E-state index contributed by atoms with van der Waals surface area (Å²) < 4.78 is 5.17. The van der Waals surface area contributed by atoms with Gasteiger partial charge in [0.15, 0.2) is 0 Å². The third kappa shape index (κ3) is 3.01. The number of hydrogen-bond donors (Lipinski definition) is 3. The summed E-state index contributed by atoms with van der Waals surface area (Å²) in [4.78, 5) is 45.4. The van der Waals surface area contributed by atoms with Gasteiger partial charge in [0.1, 0.15) is 12.4 Å². The van der Waals surface area contributed by atoms with Crippen molar-refractivity contribution in [3.8, 4) is 0 Å². The van der Waals surface area contributed by atoms with Crippen molar-refractivity contribution >= 4 is 11.8 Å². The topological polar surface area (TPSA) is 117 Å². The normalized spacial score (nSPS) is 16.0. The fraction of sp³-hybridized carbons (Fsp3) is 0.176. The number of carbonyl (C=O) groups is 1. The lowest BCUT2D eigenvalue weighted by Gasteiger charge is -2.28. The lowest BCUT2D eigenvalue weighted by molar-refractivity contribution is -0.138. The molecular weight excluding hydrogens is 324 g/mol. The molecule has 2 aromatic rings. The van der Waals surface area contributed by atoms with Crippen LogP contribution in [0.3, 0.4) is 0 Å². The van der Waals surface area contributed by atoms with Gasteiger partial charge in [0.05, 0.1) is 17.1 Å². The van der Waals surface area contributed by atoms with E-state index >= 15 is 0 Å². The average molecular weight is 340 g/mol. The predicted molar refractivity (Wildman–Crippen MR) is 91.2 cm³/mol. The van der Waals surface area contributed by atoms with Gasteiger partial charge in [-0.1, -0.05) is 18.7 Å². The van der Waals surface area contributed by atoms with Gasteiger partial charge < -0.3 is 10.1 Å². The highest BCUT2D eigenvalue weighted by atomic mass is 16.5. The van der Waals surface area contributed by atoms with E-state index in [2.05, 4.69) is 26.8 Å². The standard InChI is InChI=1S/C17H16N4O4/c1-3-7-25-16(23)11-9(2)19-14-13(15(22)21-17(24)20-14)12(11)10-5-4-6-18-8-10/h3-6,8,12H,1,7H2,2H3,(H3,19,20,21,22,24). The molecular formula is C17H16N4O4. The predicted octanol–water partition coefficient (Wildman–Crippen LogP) is 1.02. The number of esters is 1. The number of carbonyl (C=O) groups excluding carboxylic acids is 1. The van der Waals surface area contributed by atoms with Crippen LogP contribution >= 0.6 is 0 Å². The molecule has 2 aromatic heterocycles. The molecule has 1 atom stereocenters. The highest BCUT2D eigenvalue weighted by Crippen LogP contribution is 2.38. The minimum absolute atomic E-state index is 0.0458. The molecule has 25 heavy (non-hydrogen) atoms.